The molecule has 1 aromatic rings. The summed E-state index contributed by atoms with van der Waals surface area (Å²) in [5.74, 6) is 1.27. The molecule has 16 heavy (non-hydrogen) atoms. The zero-order chi connectivity index (χ0) is 12.1. The third kappa shape index (κ3) is 3.23. The second-order valence-electron chi connectivity index (χ2n) is 3.38. The Bertz CT molecular complexity index is 377. The van der Waals surface area contributed by atoms with Gasteiger partial charge in [-0.05, 0) is 25.1 Å². The highest BCUT2D eigenvalue weighted by molar-refractivity contribution is 9.10. The Balaban J connectivity index is 2.86. The van der Waals surface area contributed by atoms with Crippen LogP contribution in [-0.2, 0) is 4.79 Å². The number of carbonyl (C=O) groups excluding carboxylic acids is 1. The first kappa shape index (κ1) is 13.0. The molecule has 88 valence electrons. The van der Waals surface area contributed by atoms with Crippen LogP contribution in [0, 0.1) is 0 Å². The summed E-state index contributed by atoms with van der Waals surface area (Å²) in [4.78, 5) is 11.4. The van der Waals surface area contributed by atoms with Crippen molar-refractivity contribution in [1.82, 2.24) is 0 Å². The van der Waals surface area contributed by atoms with E-state index in [1.54, 1.807) is 26.2 Å². The average Bonchev–Trinajstić information content (AvgIpc) is 2.28. The molecule has 0 aromatic heterocycles. The Morgan fingerprint density at radius 3 is 2.69 bits per heavy atom. The molecule has 1 aromatic carbocycles. The molecule has 0 saturated carbocycles. The topological polar surface area (TPSA) is 35.5 Å². The summed E-state index contributed by atoms with van der Waals surface area (Å²) in [6, 6.07) is 5.44. The molecule has 0 aliphatic carbocycles. The number of ether oxygens (including phenoxy) is 2. The minimum absolute atomic E-state index is 0.0713. The van der Waals surface area contributed by atoms with Gasteiger partial charge in [0, 0.05) is 10.9 Å². The van der Waals surface area contributed by atoms with Crippen molar-refractivity contribution in [2.45, 2.75) is 26.4 Å². The van der Waals surface area contributed by atoms with Crippen molar-refractivity contribution in [2.24, 2.45) is 0 Å². The SMILES string of the molecule is CCC(=O)C(C)Oc1cc(Br)ccc1OC. The van der Waals surface area contributed by atoms with E-state index in [2.05, 4.69) is 15.9 Å². The maximum absolute atomic E-state index is 11.4. The van der Waals surface area contributed by atoms with Crippen LogP contribution in [0.1, 0.15) is 20.3 Å². The molecule has 0 saturated heterocycles. The van der Waals surface area contributed by atoms with Gasteiger partial charge < -0.3 is 9.47 Å². The predicted molar refractivity (Wildman–Crippen MR) is 66.1 cm³/mol. The third-order valence-electron chi connectivity index (χ3n) is 2.23. The minimum atomic E-state index is -0.451. The van der Waals surface area contributed by atoms with Crippen LogP contribution in [0.2, 0.25) is 0 Å². The van der Waals surface area contributed by atoms with E-state index < -0.39 is 6.10 Å². The van der Waals surface area contributed by atoms with Gasteiger partial charge in [-0.1, -0.05) is 22.9 Å². The molecule has 0 heterocycles. The lowest BCUT2D eigenvalue weighted by atomic mass is 10.2. The van der Waals surface area contributed by atoms with E-state index in [-0.39, 0.29) is 5.78 Å². The highest BCUT2D eigenvalue weighted by Crippen LogP contribution is 2.31. The van der Waals surface area contributed by atoms with E-state index in [1.165, 1.54) is 0 Å². The lowest BCUT2D eigenvalue weighted by molar-refractivity contribution is -0.124. The minimum Gasteiger partial charge on any atom is -0.493 e. The van der Waals surface area contributed by atoms with Crippen LogP contribution in [0.5, 0.6) is 11.5 Å². The van der Waals surface area contributed by atoms with Crippen molar-refractivity contribution in [3.63, 3.8) is 0 Å². The van der Waals surface area contributed by atoms with Gasteiger partial charge in [0.2, 0.25) is 0 Å². The number of rotatable bonds is 5. The van der Waals surface area contributed by atoms with Crippen molar-refractivity contribution in [1.29, 1.82) is 0 Å². The van der Waals surface area contributed by atoms with Crippen molar-refractivity contribution in [3.05, 3.63) is 22.7 Å². The molecule has 0 radical (unpaired) electrons. The summed E-state index contributed by atoms with van der Waals surface area (Å²) in [5.41, 5.74) is 0. The molecular weight excluding hydrogens is 272 g/mol. The molecule has 1 unspecified atom stereocenters. The number of hydrogen-bond donors (Lipinski definition) is 0. The molecule has 1 atom stereocenters. The zero-order valence-corrected chi connectivity index (χ0v) is 11.2. The van der Waals surface area contributed by atoms with E-state index >= 15 is 0 Å². The standard InChI is InChI=1S/C12H15BrO3/c1-4-10(14)8(2)16-12-7-9(13)5-6-11(12)15-3/h5-8H,4H2,1-3H3. The summed E-state index contributed by atoms with van der Waals surface area (Å²) >= 11 is 3.35. The molecule has 0 fully saturated rings. The number of hydrogen-bond acceptors (Lipinski definition) is 3. The molecule has 0 aliphatic rings. The Labute approximate surface area is 104 Å². The largest absolute Gasteiger partial charge is 0.493 e. The fourth-order valence-electron chi connectivity index (χ4n) is 1.29. The molecule has 1 rings (SSSR count). The van der Waals surface area contributed by atoms with Gasteiger partial charge in [0.25, 0.3) is 0 Å². The van der Waals surface area contributed by atoms with E-state index in [9.17, 15) is 4.79 Å². The van der Waals surface area contributed by atoms with Gasteiger partial charge in [0.15, 0.2) is 23.4 Å². The van der Waals surface area contributed by atoms with Crippen LogP contribution >= 0.6 is 15.9 Å². The maximum atomic E-state index is 11.4. The van der Waals surface area contributed by atoms with Gasteiger partial charge >= 0.3 is 0 Å². The lowest BCUT2D eigenvalue weighted by Gasteiger charge is -2.15. The molecule has 0 N–H and O–H groups in total. The first-order chi connectivity index (χ1) is 7.58. The quantitative estimate of drug-likeness (QED) is 0.834. The van der Waals surface area contributed by atoms with Crippen molar-refractivity contribution in [2.75, 3.05) is 7.11 Å². The number of halogens is 1. The van der Waals surface area contributed by atoms with E-state index in [0.717, 1.165) is 4.47 Å². The van der Waals surface area contributed by atoms with Crippen molar-refractivity contribution < 1.29 is 14.3 Å². The Morgan fingerprint density at radius 2 is 2.12 bits per heavy atom. The molecule has 0 amide bonds. The van der Waals surface area contributed by atoms with Crippen LogP contribution in [0.15, 0.2) is 22.7 Å². The fraction of sp³-hybridized carbons (Fsp3) is 0.417. The van der Waals surface area contributed by atoms with Crippen LogP contribution < -0.4 is 9.47 Å². The van der Waals surface area contributed by atoms with E-state index in [0.29, 0.717) is 17.9 Å². The van der Waals surface area contributed by atoms with Crippen LogP contribution in [-0.4, -0.2) is 19.0 Å². The molecule has 4 heteroatoms. The molecule has 0 spiro atoms. The fourth-order valence-corrected chi connectivity index (χ4v) is 1.63. The van der Waals surface area contributed by atoms with Gasteiger partial charge in [0.05, 0.1) is 7.11 Å². The average molecular weight is 287 g/mol. The van der Waals surface area contributed by atoms with Crippen LogP contribution in [0.25, 0.3) is 0 Å². The van der Waals surface area contributed by atoms with Gasteiger partial charge in [-0.3, -0.25) is 4.79 Å². The highest BCUT2D eigenvalue weighted by Gasteiger charge is 2.15. The smallest absolute Gasteiger partial charge is 0.172 e. The summed E-state index contributed by atoms with van der Waals surface area (Å²) in [7, 11) is 1.57. The monoisotopic (exact) mass is 286 g/mol. The predicted octanol–water partition coefficient (Wildman–Crippen LogP) is 3.20. The zero-order valence-electron chi connectivity index (χ0n) is 9.62. The van der Waals surface area contributed by atoms with Gasteiger partial charge in [-0.2, -0.15) is 0 Å². The number of ketones is 1. The normalized spacial score (nSPS) is 12.0. The molecule has 3 nitrogen and oxygen atoms in total. The molecular formula is C12H15BrO3. The summed E-state index contributed by atoms with van der Waals surface area (Å²) in [6.45, 7) is 3.56. The number of methoxy groups -OCH3 is 1. The van der Waals surface area contributed by atoms with E-state index in [1.807, 2.05) is 13.0 Å². The first-order valence-electron chi connectivity index (χ1n) is 5.11. The van der Waals surface area contributed by atoms with E-state index in [4.69, 9.17) is 9.47 Å². The summed E-state index contributed by atoms with van der Waals surface area (Å²) in [5, 5.41) is 0. The van der Waals surface area contributed by atoms with Gasteiger partial charge in [0.1, 0.15) is 0 Å². The number of carbonyl (C=O) groups is 1. The van der Waals surface area contributed by atoms with Crippen LogP contribution in [0.3, 0.4) is 0 Å². The first-order valence-corrected chi connectivity index (χ1v) is 5.90. The summed E-state index contributed by atoms with van der Waals surface area (Å²) < 4.78 is 11.6. The Kier molecular flexibility index (Phi) is 4.80. The second-order valence-corrected chi connectivity index (χ2v) is 4.29. The van der Waals surface area contributed by atoms with Crippen molar-refractivity contribution >= 4 is 21.7 Å². The van der Waals surface area contributed by atoms with Crippen LogP contribution in [0.4, 0.5) is 0 Å². The van der Waals surface area contributed by atoms with Gasteiger partial charge in [-0.15, -0.1) is 0 Å². The van der Waals surface area contributed by atoms with Gasteiger partial charge in [-0.25, -0.2) is 0 Å². The third-order valence-corrected chi connectivity index (χ3v) is 2.72. The Hall–Kier alpha value is -1.03. The molecule has 0 aliphatic heterocycles. The van der Waals surface area contributed by atoms with Crippen molar-refractivity contribution in [3.8, 4) is 11.5 Å². The number of benzene rings is 1. The lowest BCUT2D eigenvalue weighted by Crippen LogP contribution is -2.23. The summed E-state index contributed by atoms with van der Waals surface area (Å²) in [6.07, 6.45) is 0.0190. The second kappa shape index (κ2) is 5.89. The molecule has 0 bridgehead atoms. The Morgan fingerprint density at radius 1 is 1.44 bits per heavy atom. The highest BCUT2D eigenvalue weighted by atomic mass is 79.9. The number of Topliss-reactive ketones (excluding diaryl/α,β-unsaturated/α-hetero) is 1. The maximum Gasteiger partial charge on any atom is 0.172 e.